The van der Waals surface area contributed by atoms with Crippen molar-refractivity contribution in [2.75, 3.05) is 6.54 Å². The maximum absolute atomic E-state index is 12.8. The second kappa shape index (κ2) is 6.84. The molecule has 4 heterocycles. The average Bonchev–Trinajstić information content (AvgIpc) is 3.34. The summed E-state index contributed by atoms with van der Waals surface area (Å²) in [4.78, 5) is 9.74. The Hall–Kier alpha value is -2.94. The highest BCUT2D eigenvalue weighted by molar-refractivity contribution is 5.92. The topological polar surface area (TPSA) is 62.1 Å². The molecule has 0 saturated carbocycles. The standard InChI is InChI=1S/C20H19F3N6/c21-20(22,23)14-6-4-13(5-7-14)11-28-10-2-1-3-16(28)17-18-15-8-9-24-19(15)25-12-29(18)27-26-17/h4-9,12,16,24H,1-3,10-11H2. The maximum atomic E-state index is 12.8. The van der Waals surface area contributed by atoms with Gasteiger partial charge in [-0.05, 0) is 43.1 Å². The fourth-order valence-electron chi connectivity index (χ4n) is 4.17. The van der Waals surface area contributed by atoms with E-state index in [2.05, 4.69) is 25.2 Å². The van der Waals surface area contributed by atoms with Gasteiger partial charge in [0.25, 0.3) is 0 Å². The van der Waals surface area contributed by atoms with Crippen molar-refractivity contribution in [1.82, 2.24) is 29.7 Å². The molecule has 1 N–H and O–H groups in total. The largest absolute Gasteiger partial charge is 0.416 e. The summed E-state index contributed by atoms with van der Waals surface area (Å²) in [7, 11) is 0. The van der Waals surface area contributed by atoms with Crippen molar-refractivity contribution in [2.45, 2.75) is 38.0 Å². The van der Waals surface area contributed by atoms with Gasteiger partial charge in [0.1, 0.15) is 23.2 Å². The summed E-state index contributed by atoms with van der Waals surface area (Å²) in [6.45, 7) is 1.44. The molecule has 9 heteroatoms. The Balaban J connectivity index is 1.48. The SMILES string of the molecule is FC(F)(F)c1ccc(CN2CCCCC2c2nnn3cnc4[nH]ccc4c23)cc1. The van der Waals surface area contributed by atoms with Gasteiger partial charge < -0.3 is 4.98 Å². The second-order valence-electron chi connectivity index (χ2n) is 7.43. The highest BCUT2D eigenvalue weighted by Crippen LogP contribution is 2.35. The molecule has 1 aromatic carbocycles. The summed E-state index contributed by atoms with van der Waals surface area (Å²) in [6, 6.07) is 7.45. The number of aromatic amines is 1. The molecule has 6 nitrogen and oxygen atoms in total. The third-order valence-electron chi connectivity index (χ3n) is 5.59. The van der Waals surface area contributed by atoms with E-state index in [1.807, 2.05) is 12.3 Å². The van der Waals surface area contributed by atoms with E-state index in [-0.39, 0.29) is 6.04 Å². The summed E-state index contributed by atoms with van der Waals surface area (Å²) in [5.74, 6) is 0. The number of benzene rings is 1. The van der Waals surface area contributed by atoms with Gasteiger partial charge in [-0.25, -0.2) is 9.50 Å². The summed E-state index contributed by atoms with van der Waals surface area (Å²) in [5, 5.41) is 9.66. The molecule has 1 atom stereocenters. The molecule has 5 rings (SSSR count). The van der Waals surface area contributed by atoms with Crippen LogP contribution in [0.15, 0.2) is 42.9 Å². The normalized spacial score (nSPS) is 18.7. The molecule has 150 valence electrons. The number of piperidine rings is 1. The van der Waals surface area contributed by atoms with Gasteiger partial charge in [-0.15, -0.1) is 5.10 Å². The van der Waals surface area contributed by atoms with Gasteiger partial charge in [0.2, 0.25) is 0 Å². The summed E-state index contributed by atoms with van der Waals surface area (Å²) in [5.41, 5.74) is 2.84. The molecule has 0 bridgehead atoms. The summed E-state index contributed by atoms with van der Waals surface area (Å²) < 4.78 is 40.2. The number of nitrogens with one attached hydrogen (secondary N) is 1. The highest BCUT2D eigenvalue weighted by atomic mass is 19.4. The van der Waals surface area contributed by atoms with Crippen LogP contribution in [0.2, 0.25) is 0 Å². The Kier molecular flexibility index (Phi) is 4.27. The van der Waals surface area contributed by atoms with Gasteiger partial charge in [0.05, 0.1) is 11.6 Å². The fourth-order valence-corrected chi connectivity index (χ4v) is 4.17. The number of nitrogens with zero attached hydrogens (tertiary/aromatic N) is 5. The van der Waals surface area contributed by atoms with E-state index in [1.54, 1.807) is 23.0 Å². The first kappa shape index (κ1) is 18.1. The number of aromatic nitrogens is 5. The first-order valence-electron chi connectivity index (χ1n) is 9.58. The van der Waals surface area contributed by atoms with Crippen molar-refractivity contribution >= 4 is 16.6 Å². The third-order valence-corrected chi connectivity index (χ3v) is 5.59. The Morgan fingerprint density at radius 2 is 1.93 bits per heavy atom. The van der Waals surface area contributed by atoms with Crippen molar-refractivity contribution in [3.63, 3.8) is 0 Å². The van der Waals surface area contributed by atoms with Gasteiger partial charge in [-0.3, -0.25) is 4.90 Å². The summed E-state index contributed by atoms with van der Waals surface area (Å²) >= 11 is 0. The van der Waals surface area contributed by atoms with Crippen LogP contribution >= 0.6 is 0 Å². The van der Waals surface area contributed by atoms with Crippen LogP contribution in [-0.2, 0) is 12.7 Å². The van der Waals surface area contributed by atoms with E-state index < -0.39 is 11.7 Å². The molecule has 4 aromatic rings. The van der Waals surface area contributed by atoms with E-state index in [4.69, 9.17) is 0 Å². The molecular formula is C20H19F3N6. The average molecular weight is 400 g/mol. The zero-order valence-corrected chi connectivity index (χ0v) is 15.5. The molecule has 0 radical (unpaired) electrons. The lowest BCUT2D eigenvalue weighted by atomic mass is 9.97. The molecule has 0 aliphatic carbocycles. The van der Waals surface area contributed by atoms with Crippen molar-refractivity contribution in [3.8, 4) is 0 Å². The van der Waals surface area contributed by atoms with Crippen molar-refractivity contribution in [3.05, 3.63) is 59.7 Å². The molecule has 1 unspecified atom stereocenters. The van der Waals surface area contributed by atoms with Crippen molar-refractivity contribution in [1.29, 1.82) is 0 Å². The van der Waals surface area contributed by atoms with E-state index in [0.29, 0.717) is 6.54 Å². The van der Waals surface area contributed by atoms with Gasteiger partial charge in [-0.1, -0.05) is 23.8 Å². The van der Waals surface area contributed by atoms with Crippen LogP contribution < -0.4 is 0 Å². The second-order valence-corrected chi connectivity index (χ2v) is 7.43. The predicted molar refractivity (Wildman–Crippen MR) is 101 cm³/mol. The third kappa shape index (κ3) is 3.25. The first-order valence-corrected chi connectivity index (χ1v) is 9.58. The Bertz CT molecular complexity index is 1140. The number of halogens is 3. The van der Waals surface area contributed by atoms with Gasteiger partial charge in [-0.2, -0.15) is 13.2 Å². The molecule has 0 amide bonds. The molecule has 1 aliphatic rings. The van der Waals surface area contributed by atoms with Crippen LogP contribution in [0, 0.1) is 0 Å². The number of rotatable bonds is 3. The molecule has 1 fully saturated rings. The van der Waals surface area contributed by atoms with E-state index in [1.165, 1.54) is 0 Å². The molecule has 1 saturated heterocycles. The molecule has 0 spiro atoms. The summed E-state index contributed by atoms with van der Waals surface area (Å²) in [6.07, 6.45) is 2.24. The van der Waals surface area contributed by atoms with Crippen LogP contribution in [-0.4, -0.2) is 36.2 Å². The first-order chi connectivity index (χ1) is 14.0. The van der Waals surface area contributed by atoms with Gasteiger partial charge in [0.15, 0.2) is 0 Å². The van der Waals surface area contributed by atoms with E-state index in [0.717, 1.165) is 65.7 Å². The fraction of sp³-hybridized carbons (Fsp3) is 0.350. The van der Waals surface area contributed by atoms with Crippen LogP contribution in [0.4, 0.5) is 13.2 Å². The van der Waals surface area contributed by atoms with Crippen molar-refractivity contribution in [2.24, 2.45) is 0 Å². The van der Waals surface area contributed by atoms with Gasteiger partial charge in [0, 0.05) is 18.1 Å². The van der Waals surface area contributed by atoms with Gasteiger partial charge >= 0.3 is 6.18 Å². The molecule has 29 heavy (non-hydrogen) atoms. The number of H-pyrrole nitrogens is 1. The zero-order chi connectivity index (χ0) is 20.0. The Morgan fingerprint density at radius 3 is 2.72 bits per heavy atom. The maximum Gasteiger partial charge on any atom is 0.416 e. The predicted octanol–water partition coefficient (Wildman–Crippen LogP) is 4.35. The molecular weight excluding hydrogens is 381 g/mol. The highest BCUT2D eigenvalue weighted by Gasteiger charge is 2.31. The number of likely N-dealkylation sites (tertiary alicyclic amines) is 1. The number of alkyl halides is 3. The zero-order valence-electron chi connectivity index (χ0n) is 15.5. The minimum atomic E-state index is -4.32. The van der Waals surface area contributed by atoms with Crippen LogP contribution in [0.3, 0.4) is 0 Å². The van der Waals surface area contributed by atoms with Crippen LogP contribution in [0.5, 0.6) is 0 Å². The number of fused-ring (bicyclic) bond motifs is 3. The lowest BCUT2D eigenvalue weighted by Crippen LogP contribution is -2.33. The smallest absolute Gasteiger partial charge is 0.346 e. The number of hydrogen-bond donors (Lipinski definition) is 1. The Labute approximate surface area is 164 Å². The number of hydrogen-bond acceptors (Lipinski definition) is 4. The Morgan fingerprint density at radius 1 is 1.10 bits per heavy atom. The lowest BCUT2D eigenvalue weighted by molar-refractivity contribution is -0.137. The minimum absolute atomic E-state index is 0.0593. The van der Waals surface area contributed by atoms with Crippen LogP contribution in [0.25, 0.3) is 16.6 Å². The molecule has 3 aromatic heterocycles. The quantitative estimate of drug-likeness (QED) is 0.555. The van der Waals surface area contributed by atoms with Crippen molar-refractivity contribution < 1.29 is 13.2 Å². The lowest BCUT2D eigenvalue weighted by Gasteiger charge is -2.34. The van der Waals surface area contributed by atoms with E-state index >= 15 is 0 Å². The van der Waals surface area contributed by atoms with E-state index in [9.17, 15) is 13.2 Å². The van der Waals surface area contributed by atoms with Crippen LogP contribution in [0.1, 0.15) is 42.1 Å². The monoisotopic (exact) mass is 400 g/mol. The molecule has 1 aliphatic heterocycles. The minimum Gasteiger partial charge on any atom is -0.346 e.